The number of hydrogen-bond acceptors (Lipinski definition) is 8. The molecule has 2 aromatic carbocycles. The summed E-state index contributed by atoms with van der Waals surface area (Å²) in [5.41, 5.74) is -2.01. The van der Waals surface area contributed by atoms with E-state index in [9.17, 15) is 30.3 Å². The molecule has 2 aromatic rings. The van der Waals surface area contributed by atoms with Gasteiger partial charge in [-0.25, -0.2) is 0 Å². The van der Waals surface area contributed by atoms with Gasteiger partial charge in [0.05, 0.1) is 29.5 Å². The third-order valence-electron chi connectivity index (χ3n) is 12.0. The van der Waals surface area contributed by atoms with Crippen LogP contribution in [0, 0.1) is 34.5 Å². The summed E-state index contributed by atoms with van der Waals surface area (Å²) >= 11 is 0. The van der Waals surface area contributed by atoms with Crippen LogP contribution < -0.4 is 0 Å². The van der Waals surface area contributed by atoms with Crippen molar-refractivity contribution in [3.05, 3.63) is 72.3 Å². The summed E-state index contributed by atoms with van der Waals surface area (Å²) in [7, 11) is 0. The van der Waals surface area contributed by atoms with Crippen molar-refractivity contribution in [1.82, 2.24) is 0 Å². The Hall–Kier alpha value is -2.75. The van der Waals surface area contributed by atoms with Gasteiger partial charge in [0.2, 0.25) is 0 Å². The van der Waals surface area contributed by atoms with Gasteiger partial charge in [-0.1, -0.05) is 57.2 Å². The topological polar surface area (TPSA) is 159 Å². The van der Waals surface area contributed by atoms with Crippen LogP contribution in [0.5, 0.6) is 11.5 Å². The van der Waals surface area contributed by atoms with Crippen molar-refractivity contribution in [3.63, 3.8) is 0 Å². The Morgan fingerprint density at radius 3 is 1.91 bits per heavy atom. The molecule has 3 saturated carbocycles. The third-order valence-corrected chi connectivity index (χ3v) is 12.0. The lowest BCUT2D eigenvalue weighted by atomic mass is 9.46. The number of ketones is 1. The Balaban J connectivity index is 0.000000292. The molecule has 8 heteroatoms. The first-order chi connectivity index (χ1) is 21.9. The first kappa shape index (κ1) is 37.1. The van der Waals surface area contributed by atoms with Crippen molar-refractivity contribution < 1.29 is 40.5 Å². The summed E-state index contributed by atoms with van der Waals surface area (Å²) in [6.07, 6.45) is 4.06. The molecule has 6 rings (SSSR count). The lowest BCUT2D eigenvalue weighted by Crippen LogP contribution is -2.61. The first-order valence-electron chi connectivity index (χ1n) is 17.2. The zero-order valence-corrected chi connectivity index (χ0v) is 28.6. The van der Waals surface area contributed by atoms with E-state index in [0.29, 0.717) is 37.2 Å². The number of hydrogen-bond donors (Lipinski definition) is 7. The average molecular weight is 653 g/mol. The van der Waals surface area contributed by atoms with E-state index in [1.165, 1.54) is 0 Å². The fourth-order valence-corrected chi connectivity index (χ4v) is 9.14. The van der Waals surface area contributed by atoms with E-state index < -0.39 is 40.3 Å². The Labute approximate surface area is 279 Å². The SMILES string of the molecule is C[C@H]([C@H](O)CCC(C)(C)O)[C@H]1CC[C@@]2(O)C3=CC(=O)[C@@H]4C[C@@H](O)[C@@H](O)C[C@]4(C)[C@H]3CC[C@]12C.Oc1ccccc1.Oc1ccccc1. The first-order valence-corrected chi connectivity index (χ1v) is 17.2. The molecule has 3 fully saturated rings. The fraction of sp³-hybridized carbons (Fsp3) is 0.615. The van der Waals surface area contributed by atoms with E-state index >= 15 is 0 Å². The van der Waals surface area contributed by atoms with Gasteiger partial charge in [0.25, 0.3) is 0 Å². The van der Waals surface area contributed by atoms with Gasteiger partial charge in [-0.15, -0.1) is 0 Å². The van der Waals surface area contributed by atoms with Gasteiger partial charge in [0.1, 0.15) is 11.5 Å². The van der Waals surface area contributed by atoms with E-state index in [-0.39, 0.29) is 35.9 Å². The Morgan fingerprint density at radius 2 is 1.43 bits per heavy atom. The van der Waals surface area contributed by atoms with Crippen LogP contribution in [-0.4, -0.2) is 71.0 Å². The number of carbonyl (C=O) groups is 1. The number of allylic oxidation sites excluding steroid dienone is 1. The molecular formula is C39H56O8. The highest BCUT2D eigenvalue weighted by atomic mass is 16.3. The summed E-state index contributed by atoms with van der Waals surface area (Å²) < 4.78 is 0. The molecule has 0 unspecified atom stereocenters. The second-order valence-corrected chi connectivity index (χ2v) is 15.6. The van der Waals surface area contributed by atoms with Crippen molar-refractivity contribution in [2.24, 2.45) is 34.5 Å². The van der Waals surface area contributed by atoms with E-state index in [1.54, 1.807) is 68.5 Å². The molecule has 0 radical (unpaired) electrons. The number of aliphatic hydroxyl groups excluding tert-OH is 3. The molecule has 4 aliphatic carbocycles. The van der Waals surface area contributed by atoms with E-state index in [0.717, 1.165) is 24.8 Å². The zero-order chi connectivity index (χ0) is 34.8. The van der Waals surface area contributed by atoms with Crippen LogP contribution >= 0.6 is 0 Å². The predicted octanol–water partition coefficient (Wildman–Crippen LogP) is 5.52. The number of phenolic OH excluding ortho intramolecular Hbond substituents is 2. The number of para-hydroxylation sites is 2. The lowest BCUT2D eigenvalue weighted by Gasteiger charge is -2.60. The van der Waals surface area contributed by atoms with Gasteiger partial charge in [-0.05, 0) is 124 Å². The van der Waals surface area contributed by atoms with Crippen LogP contribution in [0.2, 0.25) is 0 Å². The smallest absolute Gasteiger partial charge is 0.159 e. The molecule has 8 nitrogen and oxygen atoms in total. The normalized spacial score (nSPS) is 35.7. The standard InChI is InChI=1S/C27H44O6.2C6H6O/c1-15(20(28)8-9-24(2,3)32)16-7-11-27(33)18-12-21(29)19-13-22(30)23(31)14-25(19,4)17(18)6-10-26(16,27)5;2*7-6-4-2-1-3-5-6/h12,15-17,19-20,22-23,28,30-33H,6-11,13-14H2,1-5H3;2*1-5,7H/t15-,16+,17-,19-,20+,22+,23-,25+,26+,27+;;/m0../s1. The Kier molecular flexibility index (Phi) is 11.4. The van der Waals surface area contributed by atoms with Gasteiger partial charge < -0.3 is 35.7 Å². The van der Waals surface area contributed by atoms with Crippen LogP contribution in [0.3, 0.4) is 0 Å². The highest BCUT2D eigenvalue weighted by Gasteiger charge is 2.67. The maximum absolute atomic E-state index is 13.2. The molecule has 0 aromatic heterocycles. The number of benzene rings is 2. The van der Waals surface area contributed by atoms with Crippen molar-refractivity contribution in [3.8, 4) is 11.5 Å². The number of carbonyl (C=O) groups excluding carboxylic acids is 1. The van der Waals surface area contributed by atoms with Crippen LogP contribution in [0.25, 0.3) is 0 Å². The second-order valence-electron chi connectivity index (χ2n) is 15.6. The number of aliphatic hydroxyl groups is 5. The van der Waals surface area contributed by atoms with Crippen molar-refractivity contribution >= 4 is 5.78 Å². The molecule has 0 spiro atoms. The van der Waals surface area contributed by atoms with Crippen LogP contribution in [0.4, 0.5) is 0 Å². The molecule has 0 heterocycles. The fourth-order valence-electron chi connectivity index (χ4n) is 9.14. The monoisotopic (exact) mass is 652 g/mol. The summed E-state index contributed by atoms with van der Waals surface area (Å²) in [6.45, 7) is 9.74. The molecule has 4 aliphatic rings. The zero-order valence-electron chi connectivity index (χ0n) is 28.6. The number of phenols is 2. The van der Waals surface area contributed by atoms with Crippen LogP contribution in [0.1, 0.15) is 86.0 Å². The Bertz CT molecular complexity index is 1320. The maximum atomic E-state index is 13.2. The minimum absolute atomic E-state index is 0.00888. The number of rotatable bonds is 5. The van der Waals surface area contributed by atoms with E-state index in [1.807, 2.05) is 12.1 Å². The molecule has 0 bridgehead atoms. The summed E-state index contributed by atoms with van der Waals surface area (Å²) in [5, 5.41) is 71.2. The quantitative estimate of drug-likeness (QED) is 0.222. The Morgan fingerprint density at radius 1 is 0.872 bits per heavy atom. The average Bonchev–Trinajstić information content (AvgIpc) is 3.29. The van der Waals surface area contributed by atoms with Gasteiger partial charge in [-0.2, -0.15) is 0 Å². The summed E-state index contributed by atoms with van der Waals surface area (Å²) in [6, 6.07) is 17.4. The van der Waals surface area contributed by atoms with E-state index in [4.69, 9.17) is 10.2 Å². The molecule has 47 heavy (non-hydrogen) atoms. The van der Waals surface area contributed by atoms with Crippen molar-refractivity contribution in [2.75, 3.05) is 0 Å². The number of aromatic hydroxyl groups is 2. The highest BCUT2D eigenvalue weighted by molar-refractivity contribution is 5.95. The van der Waals surface area contributed by atoms with Crippen LogP contribution in [-0.2, 0) is 4.79 Å². The minimum Gasteiger partial charge on any atom is -0.508 e. The molecule has 7 N–H and O–H groups in total. The highest BCUT2D eigenvalue weighted by Crippen LogP contribution is 2.68. The van der Waals surface area contributed by atoms with Gasteiger partial charge in [-0.3, -0.25) is 4.79 Å². The molecule has 10 atom stereocenters. The van der Waals surface area contributed by atoms with Gasteiger partial charge in [0.15, 0.2) is 5.78 Å². The molecule has 260 valence electrons. The molecular weight excluding hydrogens is 596 g/mol. The number of fused-ring (bicyclic) bond motifs is 5. The largest absolute Gasteiger partial charge is 0.508 e. The molecule has 0 aliphatic heterocycles. The lowest BCUT2D eigenvalue weighted by molar-refractivity contribution is -0.154. The molecule has 0 amide bonds. The van der Waals surface area contributed by atoms with Gasteiger partial charge >= 0.3 is 0 Å². The summed E-state index contributed by atoms with van der Waals surface area (Å²) in [4.78, 5) is 13.2. The van der Waals surface area contributed by atoms with E-state index in [2.05, 4.69) is 20.8 Å². The molecule has 0 saturated heterocycles. The van der Waals surface area contributed by atoms with Crippen molar-refractivity contribution in [2.45, 2.75) is 115 Å². The van der Waals surface area contributed by atoms with Gasteiger partial charge in [0, 0.05) is 11.3 Å². The van der Waals surface area contributed by atoms with Crippen LogP contribution in [0.15, 0.2) is 72.3 Å². The minimum atomic E-state index is -1.10. The third kappa shape index (κ3) is 7.78. The summed E-state index contributed by atoms with van der Waals surface area (Å²) in [5.74, 6) is 0.379. The predicted molar refractivity (Wildman–Crippen MR) is 181 cm³/mol. The second kappa shape index (κ2) is 14.4. The maximum Gasteiger partial charge on any atom is 0.159 e. The van der Waals surface area contributed by atoms with Crippen molar-refractivity contribution in [1.29, 1.82) is 0 Å².